The lowest BCUT2D eigenvalue weighted by molar-refractivity contribution is -0.183. The molecule has 23 heavy (non-hydrogen) atoms. The average molecular weight is 329 g/mol. The van der Waals surface area contributed by atoms with Crippen molar-refractivity contribution in [1.29, 1.82) is 0 Å². The van der Waals surface area contributed by atoms with Gasteiger partial charge >= 0.3 is 12.1 Å². The van der Waals surface area contributed by atoms with Crippen LogP contribution >= 0.6 is 0 Å². The highest BCUT2D eigenvalue weighted by molar-refractivity contribution is 5.73. The molecule has 1 amide bonds. The summed E-state index contributed by atoms with van der Waals surface area (Å²) in [5.41, 5.74) is 1.39. The summed E-state index contributed by atoms with van der Waals surface area (Å²) in [5, 5.41) is 0. The number of hydroxylamine groups is 1. The molecule has 0 aromatic carbocycles. The fraction of sp³-hybridized carbons (Fsp3) is 0.875. The van der Waals surface area contributed by atoms with Crippen molar-refractivity contribution in [3.63, 3.8) is 0 Å². The van der Waals surface area contributed by atoms with Crippen molar-refractivity contribution in [2.45, 2.75) is 70.7 Å². The van der Waals surface area contributed by atoms with Crippen LogP contribution < -0.4 is 5.48 Å². The van der Waals surface area contributed by atoms with Crippen molar-refractivity contribution in [3.8, 4) is 0 Å². The van der Waals surface area contributed by atoms with E-state index in [9.17, 15) is 9.59 Å². The van der Waals surface area contributed by atoms with Crippen molar-refractivity contribution < 1.29 is 28.6 Å². The zero-order valence-corrected chi connectivity index (χ0v) is 14.2. The molecule has 1 aliphatic carbocycles. The first-order valence-electron chi connectivity index (χ1n) is 8.25. The largest absolute Gasteiger partial charge is 0.442 e. The predicted octanol–water partition coefficient (Wildman–Crippen LogP) is 2.68. The number of hydrogen-bond acceptors (Lipinski definition) is 6. The Balaban J connectivity index is 1.59. The van der Waals surface area contributed by atoms with Gasteiger partial charge in [0.15, 0.2) is 5.79 Å². The van der Waals surface area contributed by atoms with Gasteiger partial charge in [-0.25, -0.2) is 9.59 Å². The first kappa shape index (κ1) is 18.0. The number of carbonyl (C=O) groups excluding carboxylic acids is 2. The summed E-state index contributed by atoms with van der Waals surface area (Å²) in [4.78, 5) is 27.8. The molecular weight excluding hydrogens is 302 g/mol. The lowest BCUT2D eigenvalue weighted by atomic mass is 9.82. The monoisotopic (exact) mass is 329 g/mol. The summed E-state index contributed by atoms with van der Waals surface area (Å²) in [6.45, 7) is 6.56. The van der Waals surface area contributed by atoms with Crippen LogP contribution in [0, 0.1) is 5.92 Å². The first-order chi connectivity index (χ1) is 10.8. The van der Waals surface area contributed by atoms with Gasteiger partial charge in [0.1, 0.15) is 5.60 Å². The minimum absolute atomic E-state index is 0.273. The summed E-state index contributed by atoms with van der Waals surface area (Å²) < 4.78 is 16.4. The van der Waals surface area contributed by atoms with Crippen LogP contribution in [0.2, 0.25) is 0 Å². The molecule has 1 spiro atoms. The molecule has 0 atom stereocenters. The van der Waals surface area contributed by atoms with E-state index in [0.717, 1.165) is 32.1 Å². The zero-order valence-electron chi connectivity index (χ0n) is 14.2. The van der Waals surface area contributed by atoms with Gasteiger partial charge < -0.3 is 19.0 Å². The third-order valence-electron chi connectivity index (χ3n) is 4.08. The topological polar surface area (TPSA) is 83.1 Å². The van der Waals surface area contributed by atoms with E-state index in [0.29, 0.717) is 19.1 Å². The van der Waals surface area contributed by atoms with Gasteiger partial charge in [0.25, 0.3) is 0 Å². The van der Waals surface area contributed by atoms with E-state index in [4.69, 9.17) is 19.0 Å². The second-order valence-corrected chi connectivity index (χ2v) is 7.17. The molecule has 2 rings (SSSR count). The lowest BCUT2D eigenvalue weighted by Gasteiger charge is -2.35. The number of amides is 1. The Morgan fingerprint density at radius 3 is 2.35 bits per heavy atom. The van der Waals surface area contributed by atoms with E-state index >= 15 is 0 Å². The molecule has 7 nitrogen and oxygen atoms in total. The fourth-order valence-electron chi connectivity index (χ4n) is 2.96. The Labute approximate surface area is 136 Å². The SMILES string of the molecule is CC(C)(C)OC(=O)NOC(=O)CCC1CCC2(CC1)OCCO2. The van der Waals surface area contributed by atoms with E-state index in [2.05, 4.69) is 0 Å². The molecule has 0 unspecified atom stereocenters. The smallest absolute Gasteiger partial charge is 0.441 e. The van der Waals surface area contributed by atoms with E-state index in [-0.39, 0.29) is 12.2 Å². The molecule has 1 saturated carbocycles. The van der Waals surface area contributed by atoms with Crippen LogP contribution in [0.15, 0.2) is 0 Å². The Morgan fingerprint density at radius 2 is 1.78 bits per heavy atom. The van der Waals surface area contributed by atoms with Gasteiger partial charge in [-0.2, -0.15) is 0 Å². The van der Waals surface area contributed by atoms with Gasteiger partial charge in [-0.3, -0.25) is 0 Å². The van der Waals surface area contributed by atoms with E-state index < -0.39 is 17.7 Å². The van der Waals surface area contributed by atoms with Crippen LogP contribution in [0.5, 0.6) is 0 Å². The minimum atomic E-state index is -0.763. The van der Waals surface area contributed by atoms with Gasteiger partial charge in [0.2, 0.25) is 0 Å². The number of ether oxygens (including phenoxy) is 3. The normalized spacial score (nSPS) is 21.2. The average Bonchev–Trinajstić information content (AvgIpc) is 2.91. The van der Waals surface area contributed by atoms with Crippen molar-refractivity contribution in [2.75, 3.05) is 13.2 Å². The number of rotatable bonds is 3. The maximum Gasteiger partial charge on any atom is 0.441 e. The maximum absolute atomic E-state index is 11.7. The first-order valence-corrected chi connectivity index (χ1v) is 8.25. The Kier molecular flexibility index (Phi) is 5.86. The van der Waals surface area contributed by atoms with Crippen molar-refractivity contribution >= 4 is 12.1 Å². The minimum Gasteiger partial charge on any atom is -0.442 e. The van der Waals surface area contributed by atoms with Gasteiger partial charge in [0.05, 0.1) is 13.2 Å². The molecular formula is C16H27NO6. The molecule has 0 bridgehead atoms. The zero-order chi connectivity index (χ0) is 16.9. The second-order valence-electron chi connectivity index (χ2n) is 7.17. The van der Waals surface area contributed by atoms with Gasteiger partial charge in [0, 0.05) is 19.3 Å². The van der Waals surface area contributed by atoms with E-state index in [1.54, 1.807) is 20.8 Å². The quantitative estimate of drug-likeness (QED) is 0.802. The Morgan fingerprint density at radius 1 is 1.17 bits per heavy atom. The molecule has 132 valence electrons. The third-order valence-corrected chi connectivity index (χ3v) is 4.08. The molecule has 0 radical (unpaired) electrons. The van der Waals surface area contributed by atoms with Crippen molar-refractivity contribution in [1.82, 2.24) is 5.48 Å². The molecule has 2 aliphatic rings. The molecule has 0 aromatic rings. The van der Waals surface area contributed by atoms with Gasteiger partial charge in [-0.05, 0) is 46.0 Å². The highest BCUT2D eigenvalue weighted by atomic mass is 16.7. The highest BCUT2D eigenvalue weighted by Gasteiger charge is 2.40. The van der Waals surface area contributed by atoms with Gasteiger partial charge in [-0.15, -0.1) is 5.48 Å². The standard InChI is InChI=1S/C16H27NO6/c1-15(2,3)22-14(19)17-23-13(18)5-4-12-6-8-16(9-7-12)20-10-11-21-16/h12H,4-11H2,1-3H3,(H,17,19). The van der Waals surface area contributed by atoms with Crippen LogP contribution in [-0.2, 0) is 23.8 Å². The summed E-state index contributed by atoms with van der Waals surface area (Å²) >= 11 is 0. The molecule has 2 fully saturated rings. The molecule has 1 heterocycles. The summed E-state index contributed by atoms with van der Waals surface area (Å²) in [6.07, 6.45) is 3.96. The molecule has 7 heteroatoms. The molecule has 1 N–H and O–H groups in total. The number of nitrogens with one attached hydrogen (secondary N) is 1. The maximum atomic E-state index is 11.7. The van der Waals surface area contributed by atoms with E-state index in [1.165, 1.54) is 0 Å². The van der Waals surface area contributed by atoms with Crippen LogP contribution in [0.3, 0.4) is 0 Å². The van der Waals surface area contributed by atoms with Crippen LogP contribution in [0.4, 0.5) is 4.79 Å². The summed E-state index contributed by atoms with van der Waals surface area (Å²) in [6, 6.07) is 0. The van der Waals surface area contributed by atoms with Crippen LogP contribution in [0.1, 0.15) is 59.3 Å². The third kappa shape index (κ3) is 5.99. The second kappa shape index (κ2) is 7.49. The fourth-order valence-corrected chi connectivity index (χ4v) is 2.96. The Bertz CT molecular complexity index is 415. The van der Waals surface area contributed by atoms with Crippen molar-refractivity contribution in [2.24, 2.45) is 5.92 Å². The van der Waals surface area contributed by atoms with Gasteiger partial charge in [-0.1, -0.05) is 0 Å². The number of carbonyl (C=O) groups is 2. The predicted molar refractivity (Wildman–Crippen MR) is 81.3 cm³/mol. The number of hydrogen-bond donors (Lipinski definition) is 1. The van der Waals surface area contributed by atoms with Crippen LogP contribution in [0.25, 0.3) is 0 Å². The van der Waals surface area contributed by atoms with Crippen LogP contribution in [-0.4, -0.2) is 36.7 Å². The van der Waals surface area contributed by atoms with Crippen molar-refractivity contribution in [3.05, 3.63) is 0 Å². The molecule has 1 aliphatic heterocycles. The molecule has 1 saturated heterocycles. The lowest BCUT2D eigenvalue weighted by Crippen LogP contribution is -2.35. The Hall–Kier alpha value is -1.34. The summed E-state index contributed by atoms with van der Waals surface area (Å²) in [7, 11) is 0. The highest BCUT2D eigenvalue weighted by Crippen LogP contribution is 2.39. The van der Waals surface area contributed by atoms with E-state index in [1.807, 2.05) is 5.48 Å². The molecule has 0 aromatic heterocycles. The summed E-state index contributed by atoms with van der Waals surface area (Å²) in [5.74, 6) is -0.359.